The molecule has 21 heavy (non-hydrogen) atoms. The summed E-state index contributed by atoms with van der Waals surface area (Å²) in [4.78, 5) is 29.5. The molecule has 110 valence electrons. The Bertz CT molecular complexity index is 700. The van der Waals surface area contributed by atoms with Gasteiger partial charge in [-0.3, -0.25) is 4.79 Å². The highest BCUT2D eigenvalue weighted by Crippen LogP contribution is 2.26. The van der Waals surface area contributed by atoms with Crippen LogP contribution in [0.1, 0.15) is 13.0 Å². The predicted octanol–water partition coefficient (Wildman–Crippen LogP) is 1.58. The van der Waals surface area contributed by atoms with Crippen LogP contribution in [-0.4, -0.2) is 49.1 Å². The van der Waals surface area contributed by atoms with Crippen molar-refractivity contribution < 1.29 is 14.7 Å². The normalized spacial score (nSPS) is 19.9. The number of carboxylic acids is 1. The zero-order chi connectivity index (χ0) is 15.0. The lowest BCUT2D eigenvalue weighted by molar-refractivity contribution is -0.148. The van der Waals surface area contributed by atoms with Crippen molar-refractivity contribution in [3.05, 3.63) is 30.6 Å². The van der Waals surface area contributed by atoms with Gasteiger partial charge >= 0.3 is 5.97 Å². The Morgan fingerprint density at radius 2 is 2.19 bits per heavy atom. The van der Waals surface area contributed by atoms with E-state index in [1.54, 1.807) is 17.8 Å². The molecule has 0 bridgehead atoms. The van der Waals surface area contributed by atoms with Gasteiger partial charge in [0, 0.05) is 5.75 Å². The Kier molecular flexibility index (Phi) is 3.59. The molecule has 1 aliphatic heterocycles. The minimum atomic E-state index is -0.948. The Balaban J connectivity index is 1.89. The third-order valence-corrected chi connectivity index (χ3v) is 4.72. The minimum absolute atomic E-state index is 0.185. The van der Waals surface area contributed by atoms with Gasteiger partial charge in [0.05, 0.1) is 23.2 Å². The first-order chi connectivity index (χ1) is 10.1. The molecule has 6 nitrogen and oxygen atoms in total. The van der Waals surface area contributed by atoms with Gasteiger partial charge in [-0.15, -0.1) is 11.8 Å². The van der Waals surface area contributed by atoms with Crippen molar-refractivity contribution in [3.8, 4) is 0 Å². The van der Waals surface area contributed by atoms with Crippen molar-refractivity contribution in [2.24, 2.45) is 0 Å². The monoisotopic (exact) mass is 305 g/mol. The van der Waals surface area contributed by atoms with E-state index < -0.39 is 18.1 Å². The Labute approximate surface area is 125 Å². The largest absolute Gasteiger partial charge is 0.480 e. The third-order valence-electron chi connectivity index (χ3n) is 3.71. The number of carbonyl (C=O) groups is 2. The van der Waals surface area contributed by atoms with Gasteiger partial charge in [0.1, 0.15) is 12.1 Å². The topological polar surface area (TPSA) is 75.4 Å². The van der Waals surface area contributed by atoms with Crippen LogP contribution in [0.3, 0.4) is 0 Å². The highest BCUT2D eigenvalue weighted by molar-refractivity contribution is 7.99. The number of aromatic nitrogens is 2. The summed E-state index contributed by atoms with van der Waals surface area (Å²) in [5.41, 5.74) is 1.69. The highest BCUT2D eigenvalue weighted by atomic mass is 32.2. The molecule has 2 heterocycles. The van der Waals surface area contributed by atoms with Crippen LogP contribution < -0.4 is 0 Å². The molecule has 1 aromatic heterocycles. The summed E-state index contributed by atoms with van der Waals surface area (Å²) in [6, 6.07) is 6.36. The summed E-state index contributed by atoms with van der Waals surface area (Å²) < 4.78 is 1.79. The fraction of sp³-hybridized carbons (Fsp3) is 0.357. The quantitative estimate of drug-likeness (QED) is 0.932. The molecule has 0 spiro atoms. The van der Waals surface area contributed by atoms with Gasteiger partial charge in [0.25, 0.3) is 0 Å². The van der Waals surface area contributed by atoms with E-state index in [0.717, 1.165) is 11.0 Å². The van der Waals surface area contributed by atoms with E-state index in [9.17, 15) is 14.7 Å². The number of benzene rings is 1. The molecule has 1 aromatic carbocycles. The van der Waals surface area contributed by atoms with Crippen molar-refractivity contribution in [3.63, 3.8) is 0 Å². The number of aliphatic carboxylic acids is 1. The van der Waals surface area contributed by atoms with Crippen LogP contribution in [0.15, 0.2) is 30.6 Å². The summed E-state index contributed by atoms with van der Waals surface area (Å²) in [6.45, 7) is 1.78. The molecule has 0 saturated carbocycles. The van der Waals surface area contributed by atoms with Crippen LogP contribution in [0.4, 0.5) is 0 Å². The number of amides is 1. The third kappa shape index (κ3) is 2.37. The average molecular weight is 305 g/mol. The van der Waals surface area contributed by atoms with Crippen LogP contribution in [0.2, 0.25) is 0 Å². The fourth-order valence-electron chi connectivity index (χ4n) is 2.51. The van der Waals surface area contributed by atoms with Gasteiger partial charge in [0.15, 0.2) is 0 Å². The lowest BCUT2D eigenvalue weighted by atomic mass is 10.2. The maximum atomic E-state index is 12.6. The molecule has 7 heteroatoms. The van der Waals surface area contributed by atoms with E-state index in [1.165, 1.54) is 16.7 Å². The molecule has 1 amide bonds. The second-order valence-corrected chi connectivity index (χ2v) is 5.98. The molecule has 2 atom stereocenters. The van der Waals surface area contributed by atoms with E-state index >= 15 is 0 Å². The minimum Gasteiger partial charge on any atom is -0.480 e. The maximum absolute atomic E-state index is 12.6. The van der Waals surface area contributed by atoms with Crippen molar-refractivity contribution in [2.75, 3.05) is 11.6 Å². The van der Waals surface area contributed by atoms with Crippen molar-refractivity contribution in [1.82, 2.24) is 14.5 Å². The number of nitrogens with zero attached hydrogens (tertiary/aromatic N) is 3. The maximum Gasteiger partial charge on any atom is 0.327 e. The van der Waals surface area contributed by atoms with Gasteiger partial charge in [0.2, 0.25) is 5.91 Å². The number of imidazole rings is 1. The first-order valence-corrected chi connectivity index (χ1v) is 7.77. The van der Waals surface area contributed by atoms with Crippen LogP contribution in [0, 0.1) is 0 Å². The van der Waals surface area contributed by atoms with Crippen LogP contribution in [-0.2, 0) is 9.59 Å². The SMILES string of the molecule is CC(C(=O)N1CSCC1C(=O)O)n1cnc2ccccc21. The zero-order valence-corrected chi connectivity index (χ0v) is 12.3. The number of carbonyl (C=O) groups excluding carboxylic acids is 1. The van der Waals surface area contributed by atoms with Crippen LogP contribution in [0.25, 0.3) is 11.0 Å². The number of para-hydroxylation sites is 2. The summed E-state index contributed by atoms with van der Waals surface area (Å²) in [7, 11) is 0. The van der Waals surface area contributed by atoms with Gasteiger partial charge in [-0.05, 0) is 19.1 Å². The number of hydrogen-bond acceptors (Lipinski definition) is 4. The smallest absolute Gasteiger partial charge is 0.327 e. The van der Waals surface area contributed by atoms with Crippen molar-refractivity contribution in [2.45, 2.75) is 19.0 Å². The lowest BCUT2D eigenvalue weighted by Crippen LogP contribution is -2.44. The molecule has 1 aliphatic rings. The average Bonchev–Trinajstić information content (AvgIpc) is 3.12. The second kappa shape index (κ2) is 5.40. The second-order valence-electron chi connectivity index (χ2n) is 4.98. The van der Waals surface area contributed by atoms with Gasteiger partial charge in [-0.1, -0.05) is 12.1 Å². The first-order valence-electron chi connectivity index (χ1n) is 6.62. The molecule has 0 aliphatic carbocycles. The van der Waals surface area contributed by atoms with Gasteiger partial charge in [-0.25, -0.2) is 9.78 Å². The molecular formula is C14H15N3O3S. The van der Waals surface area contributed by atoms with E-state index in [2.05, 4.69) is 4.98 Å². The first kappa shape index (κ1) is 13.9. The van der Waals surface area contributed by atoms with Crippen molar-refractivity contribution in [1.29, 1.82) is 0 Å². The Morgan fingerprint density at radius 1 is 1.43 bits per heavy atom. The van der Waals surface area contributed by atoms with Crippen LogP contribution in [0.5, 0.6) is 0 Å². The lowest BCUT2D eigenvalue weighted by Gasteiger charge is -2.25. The van der Waals surface area contributed by atoms with E-state index in [0.29, 0.717) is 11.6 Å². The molecule has 2 aromatic rings. The van der Waals surface area contributed by atoms with E-state index in [1.807, 2.05) is 24.3 Å². The summed E-state index contributed by atoms with van der Waals surface area (Å²) in [5.74, 6) is -0.266. The molecule has 0 radical (unpaired) electrons. The summed E-state index contributed by atoms with van der Waals surface area (Å²) in [5, 5.41) is 9.19. The Morgan fingerprint density at radius 3 is 2.95 bits per heavy atom. The van der Waals surface area contributed by atoms with Gasteiger partial charge < -0.3 is 14.6 Å². The number of hydrogen-bond donors (Lipinski definition) is 1. The van der Waals surface area contributed by atoms with Crippen LogP contribution >= 0.6 is 11.8 Å². The zero-order valence-electron chi connectivity index (χ0n) is 11.5. The molecule has 1 N–H and O–H groups in total. The van der Waals surface area contributed by atoms with Crippen molar-refractivity contribution >= 4 is 34.7 Å². The number of fused-ring (bicyclic) bond motifs is 1. The highest BCUT2D eigenvalue weighted by Gasteiger charge is 2.37. The molecule has 1 saturated heterocycles. The molecule has 1 fully saturated rings. The molecule has 2 unspecified atom stereocenters. The molecule has 3 rings (SSSR count). The molecular weight excluding hydrogens is 290 g/mol. The van der Waals surface area contributed by atoms with Gasteiger partial charge in [-0.2, -0.15) is 0 Å². The number of carboxylic acid groups (broad SMARTS) is 1. The predicted molar refractivity (Wildman–Crippen MR) is 80.0 cm³/mol. The Hall–Kier alpha value is -2.02. The standard InChI is InChI=1S/C14H15N3O3S/c1-9(13(18)17-8-21-6-12(17)14(19)20)16-7-15-10-4-2-3-5-11(10)16/h2-5,7,9,12H,6,8H2,1H3,(H,19,20). The fourth-order valence-corrected chi connectivity index (χ4v) is 3.67. The number of thioether (sulfide) groups is 1. The summed E-state index contributed by atoms with van der Waals surface area (Å²) in [6.07, 6.45) is 1.63. The number of rotatable bonds is 3. The van der Waals surface area contributed by atoms with E-state index in [-0.39, 0.29) is 5.91 Å². The summed E-state index contributed by atoms with van der Waals surface area (Å²) >= 11 is 1.46. The van der Waals surface area contributed by atoms with E-state index in [4.69, 9.17) is 0 Å².